The lowest BCUT2D eigenvalue weighted by Crippen LogP contribution is -2.53. The fraction of sp³-hybridized carbons (Fsp3) is 0.250. The van der Waals surface area contributed by atoms with Gasteiger partial charge in [0.1, 0.15) is 12.3 Å². The number of sulfonamides is 1. The van der Waals surface area contributed by atoms with E-state index in [0.29, 0.717) is 36.8 Å². The third-order valence-corrected chi connectivity index (χ3v) is 8.25. The predicted octanol–water partition coefficient (Wildman–Crippen LogP) is 2.94. The fourth-order valence-electron chi connectivity index (χ4n) is 3.79. The zero-order valence-electron chi connectivity index (χ0n) is 18.7. The van der Waals surface area contributed by atoms with Gasteiger partial charge in [0.15, 0.2) is 0 Å². The van der Waals surface area contributed by atoms with Gasteiger partial charge in [0.2, 0.25) is 5.91 Å². The van der Waals surface area contributed by atoms with Crippen LogP contribution in [0.1, 0.15) is 9.67 Å². The van der Waals surface area contributed by atoms with Crippen LogP contribution in [0, 0.1) is 0 Å². The summed E-state index contributed by atoms with van der Waals surface area (Å²) in [4.78, 5) is 29.9. The van der Waals surface area contributed by atoms with E-state index < -0.39 is 10.0 Å². The fourth-order valence-corrected chi connectivity index (χ4v) is 5.93. The maximum atomic E-state index is 13.5. The Hall–Kier alpha value is -3.37. The van der Waals surface area contributed by atoms with Crippen molar-refractivity contribution in [2.45, 2.75) is 4.90 Å². The Labute approximate surface area is 203 Å². The van der Waals surface area contributed by atoms with E-state index in [9.17, 15) is 18.0 Å². The molecule has 0 aliphatic carbocycles. The van der Waals surface area contributed by atoms with E-state index in [1.807, 2.05) is 11.4 Å². The molecule has 10 heteroatoms. The first-order valence-corrected chi connectivity index (χ1v) is 13.0. The normalized spacial score (nSPS) is 14.0. The van der Waals surface area contributed by atoms with Crippen LogP contribution in [-0.4, -0.2) is 69.9 Å². The number of carbonyl (C=O) groups excluding carboxylic acids is 2. The van der Waals surface area contributed by atoms with Crippen LogP contribution < -0.4 is 9.04 Å². The average Bonchev–Trinajstić information content (AvgIpc) is 3.42. The first-order chi connectivity index (χ1) is 16.4. The summed E-state index contributed by atoms with van der Waals surface area (Å²) in [6, 6.07) is 18.3. The minimum atomic E-state index is -4.03. The molecule has 1 aromatic heterocycles. The lowest BCUT2D eigenvalue weighted by Gasteiger charge is -2.36. The molecule has 0 unspecified atom stereocenters. The second-order valence-electron chi connectivity index (χ2n) is 7.65. The number of thiophene rings is 1. The van der Waals surface area contributed by atoms with E-state index in [2.05, 4.69) is 0 Å². The number of ether oxygens (including phenoxy) is 1. The first kappa shape index (κ1) is 23.8. The second kappa shape index (κ2) is 10.3. The van der Waals surface area contributed by atoms with Crippen LogP contribution in [0.25, 0.3) is 0 Å². The Morgan fingerprint density at radius 3 is 2.21 bits per heavy atom. The van der Waals surface area contributed by atoms with E-state index in [1.54, 1.807) is 58.3 Å². The molecule has 0 N–H and O–H groups in total. The highest BCUT2D eigenvalue weighted by Gasteiger charge is 2.32. The predicted molar refractivity (Wildman–Crippen MR) is 131 cm³/mol. The highest BCUT2D eigenvalue weighted by Crippen LogP contribution is 2.32. The molecule has 2 heterocycles. The monoisotopic (exact) mass is 499 g/mol. The van der Waals surface area contributed by atoms with Gasteiger partial charge in [-0.25, -0.2) is 8.42 Å². The molecule has 1 saturated heterocycles. The largest absolute Gasteiger partial charge is 0.495 e. The SMILES string of the molecule is COc1ccccc1N(CC(=O)N1CCN(C(=O)c2cccs2)CC1)S(=O)(=O)c1ccccc1. The van der Waals surface area contributed by atoms with E-state index in [1.165, 1.54) is 30.6 Å². The number of benzene rings is 2. The van der Waals surface area contributed by atoms with Crippen molar-refractivity contribution in [1.29, 1.82) is 0 Å². The summed E-state index contributed by atoms with van der Waals surface area (Å²) in [7, 11) is -2.58. The second-order valence-corrected chi connectivity index (χ2v) is 10.5. The van der Waals surface area contributed by atoms with Crippen molar-refractivity contribution in [3.8, 4) is 5.75 Å². The van der Waals surface area contributed by atoms with Gasteiger partial charge in [0.25, 0.3) is 15.9 Å². The van der Waals surface area contributed by atoms with Gasteiger partial charge in [0.05, 0.1) is 22.6 Å². The molecule has 1 aliphatic heterocycles. The molecule has 0 saturated carbocycles. The summed E-state index contributed by atoms with van der Waals surface area (Å²) in [5.41, 5.74) is 0.286. The third-order valence-electron chi connectivity index (χ3n) is 5.62. The molecule has 2 aromatic carbocycles. The number of hydrogen-bond acceptors (Lipinski definition) is 6. The van der Waals surface area contributed by atoms with E-state index in [-0.39, 0.29) is 28.9 Å². The Bertz CT molecular complexity index is 1240. The number of methoxy groups -OCH3 is 1. The first-order valence-electron chi connectivity index (χ1n) is 10.7. The van der Waals surface area contributed by atoms with Gasteiger partial charge in [-0.15, -0.1) is 11.3 Å². The van der Waals surface area contributed by atoms with Gasteiger partial charge in [-0.1, -0.05) is 36.4 Å². The average molecular weight is 500 g/mol. The van der Waals surface area contributed by atoms with Crippen LogP contribution >= 0.6 is 11.3 Å². The number of piperazine rings is 1. The van der Waals surface area contributed by atoms with Gasteiger partial charge in [-0.2, -0.15) is 0 Å². The van der Waals surface area contributed by atoms with Crippen LogP contribution in [0.5, 0.6) is 5.75 Å². The molecule has 0 atom stereocenters. The summed E-state index contributed by atoms with van der Waals surface area (Å²) in [5, 5.41) is 1.85. The van der Waals surface area contributed by atoms with Gasteiger partial charge in [-0.3, -0.25) is 13.9 Å². The van der Waals surface area contributed by atoms with E-state index >= 15 is 0 Å². The summed E-state index contributed by atoms with van der Waals surface area (Å²) in [6.07, 6.45) is 0. The van der Waals surface area contributed by atoms with Gasteiger partial charge in [0, 0.05) is 26.2 Å². The maximum absolute atomic E-state index is 13.5. The Morgan fingerprint density at radius 2 is 1.56 bits per heavy atom. The quantitative estimate of drug-likeness (QED) is 0.499. The van der Waals surface area contributed by atoms with Gasteiger partial charge < -0.3 is 14.5 Å². The molecule has 8 nitrogen and oxygen atoms in total. The standard InChI is InChI=1S/C24H25N3O5S2/c1-32-21-11-6-5-10-20(21)27(34(30,31)19-8-3-2-4-9-19)18-23(28)25-13-15-26(16-14-25)24(29)22-12-7-17-33-22/h2-12,17H,13-16,18H2,1H3. The lowest BCUT2D eigenvalue weighted by atomic mass is 10.2. The number of amides is 2. The molecule has 0 bridgehead atoms. The summed E-state index contributed by atoms with van der Waals surface area (Å²) in [5.74, 6) is -0.0424. The zero-order chi connectivity index (χ0) is 24.1. The summed E-state index contributed by atoms with van der Waals surface area (Å²) >= 11 is 1.38. The molecular weight excluding hydrogens is 474 g/mol. The van der Waals surface area contributed by atoms with Crippen molar-refractivity contribution in [2.24, 2.45) is 0 Å². The van der Waals surface area contributed by atoms with Gasteiger partial charge in [-0.05, 0) is 35.7 Å². The van der Waals surface area contributed by atoms with Crippen molar-refractivity contribution in [3.05, 3.63) is 77.0 Å². The minimum Gasteiger partial charge on any atom is -0.495 e. The number of rotatable bonds is 7. The smallest absolute Gasteiger partial charge is 0.264 e. The molecule has 34 heavy (non-hydrogen) atoms. The molecule has 1 aliphatic rings. The lowest BCUT2D eigenvalue weighted by molar-refractivity contribution is -0.131. The molecular formula is C24H25N3O5S2. The van der Waals surface area contributed by atoms with Crippen LogP contribution in [0.4, 0.5) is 5.69 Å². The van der Waals surface area contributed by atoms with Crippen LogP contribution in [0.3, 0.4) is 0 Å². The van der Waals surface area contributed by atoms with Crippen LogP contribution in [0.15, 0.2) is 77.0 Å². The van der Waals surface area contributed by atoms with Gasteiger partial charge >= 0.3 is 0 Å². The summed E-state index contributed by atoms with van der Waals surface area (Å²) in [6.45, 7) is 1.07. The van der Waals surface area contributed by atoms with Crippen molar-refractivity contribution in [1.82, 2.24) is 9.80 Å². The molecule has 178 valence electrons. The topological polar surface area (TPSA) is 87.2 Å². The Kier molecular flexibility index (Phi) is 7.18. The molecule has 4 rings (SSSR count). The number of nitrogens with zero attached hydrogens (tertiary/aromatic N) is 3. The van der Waals surface area contributed by atoms with Crippen molar-refractivity contribution >= 4 is 38.9 Å². The molecule has 0 radical (unpaired) electrons. The summed E-state index contributed by atoms with van der Waals surface area (Å²) < 4.78 is 33.6. The molecule has 3 aromatic rings. The van der Waals surface area contributed by atoms with Crippen LogP contribution in [0.2, 0.25) is 0 Å². The van der Waals surface area contributed by atoms with Crippen molar-refractivity contribution in [2.75, 3.05) is 44.1 Å². The zero-order valence-corrected chi connectivity index (χ0v) is 20.3. The molecule has 2 amide bonds. The molecule has 1 fully saturated rings. The highest BCUT2D eigenvalue weighted by molar-refractivity contribution is 7.92. The van der Waals surface area contributed by atoms with E-state index in [0.717, 1.165) is 4.31 Å². The van der Waals surface area contributed by atoms with E-state index in [4.69, 9.17) is 4.74 Å². The number of para-hydroxylation sites is 2. The Balaban J connectivity index is 1.54. The minimum absolute atomic E-state index is 0.0515. The van der Waals surface area contributed by atoms with Crippen molar-refractivity contribution < 1.29 is 22.7 Å². The highest BCUT2D eigenvalue weighted by atomic mass is 32.2. The number of hydrogen-bond donors (Lipinski definition) is 0. The van der Waals surface area contributed by atoms with Crippen LogP contribution in [-0.2, 0) is 14.8 Å². The Morgan fingerprint density at radius 1 is 0.912 bits per heavy atom. The van der Waals surface area contributed by atoms with Crippen molar-refractivity contribution in [3.63, 3.8) is 0 Å². The maximum Gasteiger partial charge on any atom is 0.264 e. The number of carbonyl (C=O) groups is 2. The molecule has 0 spiro atoms. The third kappa shape index (κ3) is 4.92. The number of anilines is 1.